The van der Waals surface area contributed by atoms with E-state index in [1.54, 1.807) is 6.07 Å². The van der Waals surface area contributed by atoms with Crippen molar-refractivity contribution in [2.24, 2.45) is 11.8 Å². The van der Waals surface area contributed by atoms with E-state index >= 15 is 0 Å². The van der Waals surface area contributed by atoms with E-state index in [-0.39, 0.29) is 17.7 Å². The number of aliphatic carboxylic acids is 1. The zero-order chi connectivity index (χ0) is 13.5. The van der Waals surface area contributed by atoms with E-state index in [0.717, 1.165) is 5.56 Å². The second-order valence-electron chi connectivity index (χ2n) is 4.77. The first kappa shape index (κ1) is 14.6. The molecule has 0 heterocycles. The van der Waals surface area contributed by atoms with Gasteiger partial charge in [0, 0.05) is 6.54 Å². The van der Waals surface area contributed by atoms with Gasteiger partial charge in [0.15, 0.2) is 0 Å². The lowest BCUT2D eigenvalue weighted by Crippen LogP contribution is -2.33. The van der Waals surface area contributed by atoms with Gasteiger partial charge in [-0.05, 0) is 36.6 Å². The molecule has 0 bridgehead atoms. The van der Waals surface area contributed by atoms with Crippen LogP contribution in [0.5, 0.6) is 0 Å². The largest absolute Gasteiger partial charge is 0.481 e. The third-order valence-electron chi connectivity index (χ3n) is 2.97. The topological polar surface area (TPSA) is 49.3 Å². The monoisotopic (exact) mass is 253 g/mol. The molecule has 0 aliphatic heterocycles. The Hall–Kier alpha value is -1.42. The van der Waals surface area contributed by atoms with Crippen molar-refractivity contribution < 1.29 is 14.3 Å². The maximum Gasteiger partial charge on any atom is 0.308 e. The van der Waals surface area contributed by atoms with Crippen molar-refractivity contribution in [2.75, 3.05) is 13.1 Å². The van der Waals surface area contributed by atoms with Crippen molar-refractivity contribution in [3.8, 4) is 0 Å². The summed E-state index contributed by atoms with van der Waals surface area (Å²) in [6, 6.07) is 6.45. The summed E-state index contributed by atoms with van der Waals surface area (Å²) < 4.78 is 12.9. The van der Waals surface area contributed by atoms with Gasteiger partial charge in [0.25, 0.3) is 0 Å². The highest BCUT2D eigenvalue weighted by molar-refractivity contribution is 5.70. The number of carboxylic acid groups (broad SMARTS) is 1. The van der Waals surface area contributed by atoms with Crippen LogP contribution in [0.15, 0.2) is 24.3 Å². The lowest BCUT2D eigenvalue weighted by atomic mass is 9.96. The van der Waals surface area contributed by atoms with Crippen molar-refractivity contribution in [1.29, 1.82) is 0 Å². The first-order valence-electron chi connectivity index (χ1n) is 6.18. The molecular formula is C14H20FNO2. The molecule has 0 radical (unpaired) electrons. The second-order valence-corrected chi connectivity index (χ2v) is 4.77. The van der Waals surface area contributed by atoms with Crippen LogP contribution in [-0.2, 0) is 11.2 Å². The van der Waals surface area contributed by atoms with Gasteiger partial charge in [-0.2, -0.15) is 0 Å². The molecule has 100 valence electrons. The first-order valence-corrected chi connectivity index (χ1v) is 6.18. The summed E-state index contributed by atoms with van der Waals surface area (Å²) in [6.45, 7) is 4.89. The number of benzene rings is 1. The molecule has 1 rings (SSSR count). The number of nitrogens with one attached hydrogen (secondary N) is 1. The van der Waals surface area contributed by atoms with E-state index in [1.165, 1.54) is 12.1 Å². The Morgan fingerprint density at radius 1 is 1.44 bits per heavy atom. The zero-order valence-electron chi connectivity index (χ0n) is 10.8. The standard InChI is InChI=1S/C14H20FNO2/c1-10(2)13(14(17)18)9-16-7-6-11-4-3-5-12(15)8-11/h3-5,8,10,13,16H,6-7,9H2,1-2H3,(H,17,18). The van der Waals surface area contributed by atoms with E-state index in [1.807, 2.05) is 19.9 Å². The molecule has 18 heavy (non-hydrogen) atoms. The molecule has 0 aromatic heterocycles. The molecule has 0 spiro atoms. The summed E-state index contributed by atoms with van der Waals surface area (Å²) in [6.07, 6.45) is 0.697. The van der Waals surface area contributed by atoms with Gasteiger partial charge >= 0.3 is 5.97 Å². The average Bonchev–Trinajstić information content (AvgIpc) is 2.27. The van der Waals surface area contributed by atoms with E-state index in [4.69, 9.17) is 5.11 Å². The molecule has 2 N–H and O–H groups in total. The number of hydrogen-bond donors (Lipinski definition) is 2. The predicted molar refractivity (Wildman–Crippen MR) is 68.9 cm³/mol. The number of rotatable bonds is 7. The zero-order valence-corrected chi connectivity index (χ0v) is 10.8. The molecule has 1 atom stereocenters. The maximum absolute atomic E-state index is 12.9. The highest BCUT2D eigenvalue weighted by atomic mass is 19.1. The Labute approximate surface area is 107 Å². The van der Waals surface area contributed by atoms with Crippen molar-refractivity contribution >= 4 is 5.97 Å². The Bertz CT molecular complexity index is 393. The van der Waals surface area contributed by atoms with Crippen LogP contribution in [0.3, 0.4) is 0 Å². The minimum atomic E-state index is -0.775. The van der Waals surface area contributed by atoms with Crippen molar-refractivity contribution in [1.82, 2.24) is 5.32 Å². The van der Waals surface area contributed by atoms with Gasteiger partial charge in [0.05, 0.1) is 5.92 Å². The Morgan fingerprint density at radius 2 is 2.17 bits per heavy atom. The third-order valence-corrected chi connectivity index (χ3v) is 2.97. The third kappa shape index (κ3) is 4.84. The Morgan fingerprint density at radius 3 is 2.72 bits per heavy atom. The molecule has 4 heteroatoms. The minimum Gasteiger partial charge on any atom is -0.481 e. The van der Waals surface area contributed by atoms with Crippen LogP contribution < -0.4 is 5.32 Å². The molecule has 0 aliphatic rings. The smallest absolute Gasteiger partial charge is 0.308 e. The quantitative estimate of drug-likeness (QED) is 0.733. The normalized spacial score (nSPS) is 12.7. The Kier molecular flexibility index (Phi) is 5.78. The fourth-order valence-electron chi connectivity index (χ4n) is 1.79. The van der Waals surface area contributed by atoms with Crippen molar-refractivity contribution in [3.63, 3.8) is 0 Å². The van der Waals surface area contributed by atoms with Crippen molar-refractivity contribution in [2.45, 2.75) is 20.3 Å². The Balaban J connectivity index is 2.32. The second kappa shape index (κ2) is 7.11. The van der Waals surface area contributed by atoms with Crippen LogP contribution >= 0.6 is 0 Å². The van der Waals surface area contributed by atoms with Gasteiger partial charge in [-0.1, -0.05) is 26.0 Å². The number of carbonyl (C=O) groups is 1. The van der Waals surface area contributed by atoms with Crippen LogP contribution in [0.2, 0.25) is 0 Å². The fourth-order valence-corrected chi connectivity index (χ4v) is 1.79. The summed E-state index contributed by atoms with van der Waals surface area (Å²) in [5, 5.41) is 12.1. The molecule has 0 saturated heterocycles. The van der Waals surface area contributed by atoms with Crippen LogP contribution in [0.1, 0.15) is 19.4 Å². The molecule has 0 amide bonds. The number of halogens is 1. The van der Waals surface area contributed by atoms with Crippen molar-refractivity contribution in [3.05, 3.63) is 35.6 Å². The molecular weight excluding hydrogens is 233 g/mol. The molecule has 0 saturated carbocycles. The van der Waals surface area contributed by atoms with Crippen LogP contribution in [-0.4, -0.2) is 24.2 Å². The molecule has 3 nitrogen and oxygen atoms in total. The predicted octanol–water partition coefficient (Wildman–Crippen LogP) is 2.31. The molecule has 1 aromatic carbocycles. The van der Waals surface area contributed by atoms with E-state index in [2.05, 4.69) is 5.32 Å². The van der Waals surface area contributed by atoms with E-state index in [9.17, 15) is 9.18 Å². The lowest BCUT2D eigenvalue weighted by Gasteiger charge is -2.16. The van der Waals surface area contributed by atoms with Crippen LogP contribution in [0, 0.1) is 17.7 Å². The summed E-state index contributed by atoms with van der Waals surface area (Å²) >= 11 is 0. The van der Waals surface area contributed by atoms with Gasteiger partial charge in [-0.15, -0.1) is 0 Å². The maximum atomic E-state index is 12.9. The molecule has 0 fully saturated rings. The number of carboxylic acids is 1. The first-order chi connectivity index (χ1) is 8.50. The summed E-state index contributed by atoms with van der Waals surface area (Å²) in [4.78, 5) is 11.0. The molecule has 1 unspecified atom stereocenters. The summed E-state index contributed by atoms with van der Waals surface area (Å²) in [5.41, 5.74) is 0.916. The molecule has 0 aliphatic carbocycles. The highest BCUT2D eigenvalue weighted by Gasteiger charge is 2.20. The minimum absolute atomic E-state index is 0.101. The summed E-state index contributed by atoms with van der Waals surface area (Å²) in [7, 11) is 0. The average molecular weight is 253 g/mol. The van der Waals surface area contributed by atoms with Gasteiger partial charge in [-0.25, -0.2) is 4.39 Å². The van der Waals surface area contributed by atoms with Gasteiger partial charge < -0.3 is 10.4 Å². The van der Waals surface area contributed by atoms with E-state index in [0.29, 0.717) is 19.5 Å². The van der Waals surface area contributed by atoms with Crippen LogP contribution in [0.4, 0.5) is 4.39 Å². The molecule has 1 aromatic rings. The van der Waals surface area contributed by atoms with Crippen LogP contribution in [0.25, 0.3) is 0 Å². The summed E-state index contributed by atoms with van der Waals surface area (Å²) in [5.74, 6) is -1.29. The lowest BCUT2D eigenvalue weighted by molar-refractivity contribution is -0.143. The van der Waals surface area contributed by atoms with E-state index < -0.39 is 5.97 Å². The van der Waals surface area contributed by atoms with Gasteiger partial charge in [-0.3, -0.25) is 4.79 Å². The number of hydrogen-bond acceptors (Lipinski definition) is 2. The fraction of sp³-hybridized carbons (Fsp3) is 0.500. The highest BCUT2D eigenvalue weighted by Crippen LogP contribution is 2.09. The SMILES string of the molecule is CC(C)C(CNCCc1cccc(F)c1)C(=O)O. The van der Waals surface area contributed by atoms with Gasteiger partial charge in [0.1, 0.15) is 5.82 Å². The van der Waals surface area contributed by atoms with Gasteiger partial charge in [0.2, 0.25) is 0 Å².